The first kappa shape index (κ1) is 16.3. The van der Waals surface area contributed by atoms with E-state index in [1.807, 2.05) is 12.2 Å². The predicted octanol–water partition coefficient (Wildman–Crippen LogP) is 1.34. The van der Waals surface area contributed by atoms with Gasteiger partial charge in [-0.05, 0) is 31.7 Å². The van der Waals surface area contributed by atoms with Crippen LogP contribution in [0.25, 0.3) is 0 Å². The van der Waals surface area contributed by atoms with Crippen LogP contribution in [-0.4, -0.2) is 54.4 Å². The highest BCUT2D eigenvalue weighted by atomic mass is 16.3. The number of carbonyl (C=O) groups is 1. The minimum absolute atomic E-state index is 0.0532. The third-order valence-electron chi connectivity index (χ3n) is 4.32. The monoisotopic (exact) mass is 295 g/mol. The Morgan fingerprint density at radius 3 is 2.90 bits per heavy atom. The number of hydrogen-bond donors (Lipinski definition) is 3. The number of rotatable bonds is 6. The molecule has 3 N–H and O–H groups in total. The molecule has 0 unspecified atom stereocenters. The van der Waals surface area contributed by atoms with E-state index in [-0.39, 0.29) is 24.6 Å². The van der Waals surface area contributed by atoms with Gasteiger partial charge in [0.1, 0.15) is 0 Å². The van der Waals surface area contributed by atoms with Crippen LogP contribution in [0.2, 0.25) is 0 Å². The number of aliphatic hydroxyl groups is 1. The summed E-state index contributed by atoms with van der Waals surface area (Å²) in [6.07, 6.45) is 7.15. The van der Waals surface area contributed by atoms with Crippen molar-refractivity contribution in [1.82, 2.24) is 15.5 Å². The molecule has 2 amide bonds. The lowest BCUT2D eigenvalue weighted by Gasteiger charge is -2.26. The van der Waals surface area contributed by atoms with Gasteiger partial charge in [0.05, 0.1) is 0 Å². The van der Waals surface area contributed by atoms with Crippen LogP contribution in [-0.2, 0) is 0 Å². The Labute approximate surface area is 127 Å². The van der Waals surface area contributed by atoms with Gasteiger partial charge in [-0.2, -0.15) is 0 Å². The molecule has 1 fully saturated rings. The molecular formula is C16H29N3O2. The first-order valence-corrected chi connectivity index (χ1v) is 8.16. The van der Waals surface area contributed by atoms with Crippen LogP contribution >= 0.6 is 0 Å². The second kappa shape index (κ2) is 7.80. The summed E-state index contributed by atoms with van der Waals surface area (Å²) in [5.74, 6) is 0.852. The maximum Gasteiger partial charge on any atom is 0.315 e. The molecular weight excluding hydrogens is 266 g/mol. The molecule has 1 heterocycles. The van der Waals surface area contributed by atoms with Gasteiger partial charge in [-0.25, -0.2) is 4.79 Å². The molecule has 0 aromatic rings. The Hall–Kier alpha value is -1.07. The summed E-state index contributed by atoms with van der Waals surface area (Å²) in [5, 5.41) is 15.0. The molecule has 5 heteroatoms. The van der Waals surface area contributed by atoms with E-state index in [1.54, 1.807) is 0 Å². The van der Waals surface area contributed by atoms with Crippen molar-refractivity contribution in [2.75, 3.05) is 26.2 Å². The van der Waals surface area contributed by atoms with Crippen molar-refractivity contribution in [3.05, 3.63) is 12.2 Å². The van der Waals surface area contributed by atoms with Crippen LogP contribution in [0, 0.1) is 11.8 Å². The molecule has 2 rings (SSSR count). The average Bonchev–Trinajstić information content (AvgIpc) is 3.05. The molecule has 120 valence electrons. The molecule has 0 radical (unpaired) electrons. The molecule has 2 aliphatic rings. The Morgan fingerprint density at radius 2 is 2.24 bits per heavy atom. The number of nitrogens with one attached hydrogen (secondary N) is 2. The number of nitrogens with zero attached hydrogens (tertiary/aromatic N) is 1. The first-order chi connectivity index (χ1) is 10.1. The van der Waals surface area contributed by atoms with Crippen molar-refractivity contribution in [1.29, 1.82) is 0 Å². The summed E-state index contributed by atoms with van der Waals surface area (Å²) >= 11 is 0. The van der Waals surface area contributed by atoms with Gasteiger partial charge >= 0.3 is 6.03 Å². The van der Waals surface area contributed by atoms with E-state index < -0.39 is 0 Å². The Kier molecular flexibility index (Phi) is 6.06. The van der Waals surface area contributed by atoms with E-state index in [9.17, 15) is 4.79 Å². The highest BCUT2D eigenvalue weighted by molar-refractivity contribution is 5.74. The smallest absolute Gasteiger partial charge is 0.315 e. The third-order valence-corrected chi connectivity index (χ3v) is 4.32. The summed E-state index contributed by atoms with van der Waals surface area (Å²) < 4.78 is 0. The minimum atomic E-state index is -0.0976. The molecule has 5 nitrogen and oxygen atoms in total. The van der Waals surface area contributed by atoms with E-state index in [2.05, 4.69) is 29.4 Å². The lowest BCUT2D eigenvalue weighted by Crippen LogP contribution is -2.46. The molecule has 3 atom stereocenters. The number of amides is 2. The Balaban J connectivity index is 1.68. The lowest BCUT2D eigenvalue weighted by atomic mass is 10.1. The highest BCUT2D eigenvalue weighted by Crippen LogP contribution is 2.18. The summed E-state index contributed by atoms with van der Waals surface area (Å²) in [6, 6.07) is 0.430. The van der Waals surface area contributed by atoms with Gasteiger partial charge < -0.3 is 15.7 Å². The van der Waals surface area contributed by atoms with Crippen molar-refractivity contribution < 1.29 is 9.90 Å². The van der Waals surface area contributed by atoms with E-state index in [4.69, 9.17) is 5.11 Å². The Bertz CT molecular complexity index is 371. The summed E-state index contributed by atoms with van der Waals surface area (Å²) in [7, 11) is 0. The maximum atomic E-state index is 11.9. The van der Waals surface area contributed by atoms with Crippen molar-refractivity contribution in [3.63, 3.8) is 0 Å². The van der Waals surface area contributed by atoms with Crippen LogP contribution in [0.4, 0.5) is 4.79 Å². The number of aliphatic hydroxyl groups excluding tert-OH is 1. The molecule has 1 aliphatic heterocycles. The maximum absolute atomic E-state index is 11.9. The van der Waals surface area contributed by atoms with Crippen LogP contribution in [0.3, 0.4) is 0 Å². The van der Waals surface area contributed by atoms with Crippen LogP contribution in [0.15, 0.2) is 12.2 Å². The largest absolute Gasteiger partial charge is 0.396 e. The van der Waals surface area contributed by atoms with Crippen LogP contribution in [0.1, 0.15) is 33.1 Å². The summed E-state index contributed by atoms with van der Waals surface area (Å²) in [6.45, 7) is 7.60. The zero-order valence-corrected chi connectivity index (χ0v) is 13.2. The van der Waals surface area contributed by atoms with E-state index in [1.165, 1.54) is 12.8 Å². The van der Waals surface area contributed by atoms with Crippen LogP contribution < -0.4 is 10.6 Å². The summed E-state index contributed by atoms with van der Waals surface area (Å²) in [4.78, 5) is 14.4. The highest BCUT2D eigenvalue weighted by Gasteiger charge is 2.25. The van der Waals surface area contributed by atoms with Gasteiger partial charge in [0, 0.05) is 37.7 Å². The molecule has 0 bridgehead atoms. The normalized spacial score (nSPS) is 29.2. The van der Waals surface area contributed by atoms with Gasteiger partial charge in [-0.3, -0.25) is 4.90 Å². The van der Waals surface area contributed by atoms with Crippen LogP contribution in [0.5, 0.6) is 0 Å². The van der Waals surface area contributed by atoms with Gasteiger partial charge in [-0.15, -0.1) is 0 Å². The fourth-order valence-corrected chi connectivity index (χ4v) is 3.28. The second-order valence-electron chi connectivity index (χ2n) is 6.71. The Morgan fingerprint density at radius 1 is 1.43 bits per heavy atom. The van der Waals surface area contributed by atoms with Gasteiger partial charge in [0.2, 0.25) is 0 Å². The second-order valence-corrected chi connectivity index (χ2v) is 6.71. The molecule has 21 heavy (non-hydrogen) atoms. The molecule has 1 saturated heterocycles. The van der Waals surface area contributed by atoms with E-state index >= 15 is 0 Å². The fourth-order valence-electron chi connectivity index (χ4n) is 3.28. The average molecular weight is 295 g/mol. The van der Waals surface area contributed by atoms with E-state index in [0.29, 0.717) is 12.0 Å². The van der Waals surface area contributed by atoms with E-state index in [0.717, 1.165) is 26.1 Å². The van der Waals surface area contributed by atoms with Crippen molar-refractivity contribution in [2.24, 2.45) is 11.8 Å². The predicted molar refractivity (Wildman–Crippen MR) is 84.1 cm³/mol. The lowest BCUT2D eigenvalue weighted by molar-refractivity contribution is 0.211. The molecule has 0 aromatic carbocycles. The third kappa shape index (κ3) is 5.00. The van der Waals surface area contributed by atoms with Crippen molar-refractivity contribution in [3.8, 4) is 0 Å². The molecule has 0 saturated carbocycles. The number of hydrogen-bond acceptors (Lipinski definition) is 3. The fraction of sp³-hybridized carbons (Fsp3) is 0.812. The van der Waals surface area contributed by atoms with Gasteiger partial charge in [0.25, 0.3) is 0 Å². The minimum Gasteiger partial charge on any atom is -0.396 e. The standard InChI is InChI=1S/C16H29N3O2/c1-12(2)10-19-7-3-4-15(19)9-17-16(21)18-14-6-5-13(8-14)11-20/h5-6,12-15,20H,3-4,7-11H2,1-2H3,(H2,17,18,21)/t13-,14+,15-/m0/s1. The number of urea groups is 1. The van der Waals surface area contributed by atoms with Gasteiger partial charge in [0.15, 0.2) is 0 Å². The number of carbonyl (C=O) groups excluding carboxylic acids is 1. The quantitative estimate of drug-likeness (QED) is 0.648. The molecule has 1 aliphatic carbocycles. The SMILES string of the molecule is CC(C)CN1CCC[C@H]1CNC(=O)N[C@@H]1C=C[C@H](CO)C1. The number of likely N-dealkylation sites (tertiary alicyclic amines) is 1. The summed E-state index contributed by atoms with van der Waals surface area (Å²) in [5.41, 5.74) is 0. The molecule has 0 spiro atoms. The zero-order chi connectivity index (χ0) is 15.2. The van der Waals surface area contributed by atoms with Crippen molar-refractivity contribution >= 4 is 6.03 Å². The zero-order valence-electron chi connectivity index (χ0n) is 13.2. The van der Waals surface area contributed by atoms with Crippen molar-refractivity contribution in [2.45, 2.75) is 45.2 Å². The van der Waals surface area contributed by atoms with Gasteiger partial charge in [-0.1, -0.05) is 26.0 Å². The molecule has 0 aromatic heterocycles. The topological polar surface area (TPSA) is 64.6 Å². The first-order valence-electron chi connectivity index (χ1n) is 8.16.